The minimum Gasteiger partial charge on any atom is -0.451 e. The molecule has 0 saturated carbocycles. The molecule has 0 unspecified atom stereocenters. The lowest BCUT2D eigenvalue weighted by molar-refractivity contribution is -0.144. The minimum atomic E-state index is -3.68. The van der Waals surface area contributed by atoms with E-state index < -0.39 is 34.4 Å². The van der Waals surface area contributed by atoms with Crippen LogP contribution >= 0.6 is 0 Å². The van der Waals surface area contributed by atoms with Crippen molar-refractivity contribution in [2.45, 2.75) is 18.7 Å². The quantitative estimate of drug-likeness (QED) is 0.459. The van der Waals surface area contributed by atoms with Gasteiger partial charge in [0, 0.05) is 26.7 Å². The van der Waals surface area contributed by atoms with Crippen molar-refractivity contribution in [3.05, 3.63) is 65.4 Å². The van der Waals surface area contributed by atoms with Gasteiger partial charge in [-0.2, -0.15) is 0 Å². The fourth-order valence-corrected chi connectivity index (χ4v) is 3.48. The summed E-state index contributed by atoms with van der Waals surface area (Å²) in [5, 5.41) is 4.93. The van der Waals surface area contributed by atoms with E-state index in [1.165, 1.54) is 39.2 Å². The molecule has 170 valence electrons. The van der Waals surface area contributed by atoms with Crippen molar-refractivity contribution < 1.29 is 27.5 Å². The average molecular weight is 460 g/mol. The highest BCUT2D eigenvalue weighted by Crippen LogP contribution is 2.22. The predicted octanol–water partition coefficient (Wildman–Crippen LogP) is 1.90. The summed E-state index contributed by atoms with van der Waals surface area (Å²) in [7, 11) is -0.871. The number of hydrogen-bond donors (Lipinski definition) is 2. The maximum Gasteiger partial charge on any atom is 0.355 e. The SMILES string of the molecule is CC(=O)N/C(=C/c1ccccc1)C(=O)OCC(=O)Nc1cc(S(=O)(=O)N(C)C)ccc1C. The van der Waals surface area contributed by atoms with E-state index in [0.29, 0.717) is 11.1 Å². The van der Waals surface area contributed by atoms with Gasteiger partial charge in [0.05, 0.1) is 4.90 Å². The van der Waals surface area contributed by atoms with Gasteiger partial charge in [-0.1, -0.05) is 36.4 Å². The Bertz CT molecular complexity index is 1140. The minimum absolute atomic E-state index is 0.0131. The fraction of sp³-hybridized carbons (Fsp3) is 0.227. The van der Waals surface area contributed by atoms with Crippen LogP contribution in [0.5, 0.6) is 0 Å². The van der Waals surface area contributed by atoms with E-state index in [4.69, 9.17) is 4.74 Å². The fourth-order valence-electron chi connectivity index (χ4n) is 2.55. The maximum absolute atomic E-state index is 12.4. The van der Waals surface area contributed by atoms with Crippen molar-refractivity contribution in [1.82, 2.24) is 9.62 Å². The molecule has 32 heavy (non-hydrogen) atoms. The van der Waals surface area contributed by atoms with Crippen LogP contribution in [0, 0.1) is 6.92 Å². The normalized spacial score (nSPS) is 11.7. The van der Waals surface area contributed by atoms with Crippen molar-refractivity contribution in [2.24, 2.45) is 0 Å². The number of aryl methyl sites for hydroxylation is 1. The summed E-state index contributed by atoms with van der Waals surface area (Å²) in [6, 6.07) is 13.1. The number of rotatable bonds is 8. The Morgan fingerprint density at radius 1 is 1.06 bits per heavy atom. The van der Waals surface area contributed by atoms with Gasteiger partial charge in [-0.25, -0.2) is 17.5 Å². The molecule has 0 bridgehead atoms. The Balaban J connectivity index is 2.10. The second kappa shape index (κ2) is 10.7. The Morgan fingerprint density at radius 3 is 2.31 bits per heavy atom. The molecule has 2 amide bonds. The van der Waals surface area contributed by atoms with Crippen LogP contribution in [0.25, 0.3) is 6.08 Å². The lowest BCUT2D eigenvalue weighted by atomic mass is 10.2. The molecule has 0 heterocycles. The highest BCUT2D eigenvalue weighted by Gasteiger charge is 2.19. The molecule has 10 heteroatoms. The van der Waals surface area contributed by atoms with Crippen LogP contribution in [0.15, 0.2) is 59.1 Å². The number of benzene rings is 2. The van der Waals surface area contributed by atoms with E-state index in [1.54, 1.807) is 43.3 Å². The summed E-state index contributed by atoms with van der Waals surface area (Å²) >= 11 is 0. The average Bonchev–Trinajstić information content (AvgIpc) is 2.73. The number of esters is 1. The number of carbonyl (C=O) groups is 3. The maximum atomic E-state index is 12.4. The third-order valence-electron chi connectivity index (χ3n) is 4.24. The van der Waals surface area contributed by atoms with Gasteiger partial charge < -0.3 is 15.4 Å². The van der Waals surface area contributed by atoms with E-state index >= 15 is 0 Å². The van der Waals surface area contributed by atoms with Crippen LogP contribution in [-0.4, -0.2) is 51.2 Å². The van der Waals surface area contributed by atoms with Gasteiger partial charge in [-0.15, -0.1) is 0 Å². The second-order valence-electron chi connectivity index (χ2n) is 7.04. The summed E-state index contributed by atoms with van der Waals surface area (Å²) in [6.07, 6.45) is 1.43. The van der Waals surface area contributed by atoms with E-state index in [9.17, 15) is 22.8 Å². The lowest BCUT2D eigenvalue weighted by Crippen LogP contribution is -2.29. The number of ether oxygens (including phenoxy) is 1. The first-order valence-corrected chi connectivity index (χ1v) is 11.0. The molecule has 0 aliphatic heterocycles. The largest absolute Gasteiger partial charge is 0.451 e. The van der Waals surface area contributed by atoms with Gasteiger partial charge in [-0.3, -0.25) is 9.59 Å². The van der Waals surface area contributed by atoms with E-state index in [2.05, 4.69) is 10.6 Å². The Labute approximate surface area is 187 Å². The van der Waals surface area contributed by atoms with E-state index in [-0.39, 0.29) is 16.3 Å². The Morgan fingerprint density at radius 2 is 1.72 bits per heavy atom. The zero-order chi connectivity index (χ0) is 23.9. The molecule has 0 spiro atoms. The summed E-state index contributed by atoms with van der Waals surface area (Å²) in [4.78, 5) is 36.2. The van der Waals surface area contributed by atoms with Crippen LogP contribution in [0.3, 0.4) is 0 Å². The van der Waals surface area contributed by atoms with Crippen molar-refractivity contribution >= 4 is 39.6 Å². The van der Waals surface area contributed by atoms with E-state index in [0.717, 1.165) is 4.31 Å². The summed E-state index contributed by atoms with van der Waals surface area (Å²) in [6.45, 7) is 2.32. The number of anilines is 1. The van der Waals surface area contributed by atoms with Crippen molar-refractivity contribution in [2.75, 3.05) is 26.0 Å². The third kappa shape index (κ3) is 6.76. The van der Waals surface area contributed by atoms with Gasteiger partial charge in [0.2, 0.25) is 15.9 Å². The summed E-state index contributed by atoms with van der Waals surface area (Å²) < 4.78 is 30.7. The zero-order valence-electron chi connectivity index (χ0n) is 18.2. The molecule has 2 N–H and O–H groups in total. The molecule has 0 saturated heterocycles. The first-order chi connectivity index (χ1) is 15.0. The standard InChI is InChI=1S/C22H25N3O6S/c1-15-10-11-18(32(29,30)25(3)4)13-19(15)24-21(27)14-31-22(28)20(23-16(2)26)12-17-8-6-5-7-9-17/h5-13H,14H2,1-4H3,(H,23,26)(H,24,27)/b20-12+. The van der Waals surface area contributed by atoms with Gasteiger partial charge in [0.1, 0.15) is 5.70 Å². The predicted molar refractivity (Wildman–Crippen MR) is 120 cm³/mol. The van der Waals surface area contributed by atoms with Crippen LogP contribution < -0.4 is 10.6 Å². The molecule has 2 aromatic rings. The van der Waals surface area contributed by atoms with Crippen molar-refractivity contribution in [1.29, 1.82) is 0 Å². The number of nitrogens with zero attached hydrogens (tertiary/aromatic N) is 1. The van der Waals surface area contributed by atoms with Gasteiger partial charge in [0.25, 0.3) is 5.91 Å². The Hall–Kier alpha value is -3.50. The molecule has 9 nitrogen and oxygen atoms in total. The topological polar surface area (TPSA) is 122 Å². The molecule has 2 rings (SSSR count). The first-order valence-electron chi connectivity index (χ1n) is 9.55. The third-order valence-corrected chi connectivity index (χ3v) is 6.05. The first kappa shape index (κ1) is 24.8. The molecule has 0 aliphatic carbocycles. The zero-order valence-corrected chi connectivity index (χ0v) is 19.0. The van der Waals surface area contributed by atoms with Gasteiger partial charge in [0.15, 0.2) is 6.61 Å². The van der Waals surface area contributed by atoms with Gasteiger partial charge in [-0.05, 0) is 36.3 Å². The smallest absolute Gasteiger partial charge is 0.355 e. The molecule has 2 aromatic carbocycles. The number of carbonyl (C=O) groups excluding carboxylic acids is 3. The molecule has 0 aromatic heterocycles. The van der Waals surface area contributed by atoms with Crippen LogP contribution in [0.4, 0.5) is 5.69 Å². The number of amides is 2. The summed E-state index contributed by atoms with van der Waals surface area (Å²) in [5.74, 6) is -2.02. The number of nitrogens with one attached hydrogen (secondary N) is 2. The van der Waals surface area contributed by atoms with E-state index in [1.807, 2.05) is 0 Å². The van der Waals surface area contributed by atoms with Crippen molar-refractivity contribution in [3.8, 4) is 0 Å². The highest BCUT2D eigenvalue weighted by atomic mass is 32.2. The number of sulfonamides is 1. The van der Waals surface area contributed by atoms with Crippen molar-refractivity contribution in [3.63, 3.8) is 0 Å². The molecule has 0 radical (unpaired) electrons. The molecular formula is C22H25N3O6S. The molecule has 0 aliphatic rings. The molecule has 0 atom stereocenters. The molecule has 0 fully saturated rings. The number of hydrogen-bond acceptors (Lipinski definition) is 6. The van der Waals surface area contributed by atoms with Crippen LogP contribution in [-0.2, 0) is 29.1 Å². The highest BCUT2D eigenvalue weighted by molar-refractivity contribution is 7.89. The van der Waals surface area contributed by atoms with Crippen LogP contribution in [0.2, 0.25) is 0 Å². The molecular weight excluding hydrogens is 434 g/mol. The lowest BCUT2D eigenvalue weighted by Gasteiger charge is -2.14. The van der Waals surface area contributed by atoms with Gasteiger partial charge >= 0.3 is 5.97 Å². The summed E-state index contributed by atoms with van der Waals surface area (Å²) in [5.41, 5.74) is 1.44. The second-order valence-corrected chi connectivity index (χ2v) is 9.19. The monoisotopic (exact) mass is 459 g/mol. The Kier molecular flexibility index (Phi) is 8.27. The van der Waals surface area contributed by atoms with Crippen LogP contribution in [0.1, 0.15) is 18.1 Å².